The van der Waals surface area contributed by atoms with Gasteiger partial charge in [0.25, 0.3) is 0 Å². The summed E-state index contributed by atoms with van der Waals surface area (Å²) < 4.78 is 5.06. The van der Waals surface area contributed by atoms with Crippen LogP contribution in [0.2, 0.25) is 0 Å². The Hall–Kier alpha value is -0.820. The molecule has 1 nitrogen and oxygen atoms in total. The predicted molar refractivity (Wildman–Crippen MR) is 51.3 cm³/mol. The summed E-state index contributed by atoms with van der Waals surface area (Å²) in [6.07, 6.45) is 1.11. The molecule has 0 aliphatic heterocycles. The summed E-state index contributed by atoms with van der Waals surface area (Å²) in [5.74, 6) is 0. The summed E-state index contributed by atoms with van der Waals surface area (Å²) >= 11 is 0. The second-order valence-electron chi connectivity index (χ2n) is 3.05. The van der Waals surface area contributed by atoms with Gasteiger partial charge in [0.05, 0.1) is 6.61 Å². The molecule has 0 unspecified atom stereocenters. The molecule has 0 atom stereocenters. The van der Waals surface area contributed by atoms with Crippen LogP contribution in [0.5, 0.6) is 0 Å². The third kappa shape index (κ3) is 2.08. The first kappa shape index (κ1) is 9.27. The third-order valence-electron chi connectivity index (χ3n) is 2.10. The molecule has 0 saturated carbocycles. The molecule has 0 heterocycles. The maximum absolute atomic E-state index is 5.06. The quantitative estimate of drug-likeness (QED) is 0.667. The second kappa shape index (κ2) is 4.27. The lowest BCUT2D eigenvalue weighted by Gasteiger charge is -2.05. The average molecular weight is 164 g/mol. The highest BCUT2D eigenvalue weighted by atomic mass is 16.5. The summed E-state index contributed by atoms with van der Waals surface area (Å²) in [5, 5.41) is 0. The largest absolute Gasteiger partial charge is 0.380 e. The molecule has 0 saturated heterocycles. The van der Waals surface area contributed by atoms with Crippen LogP contribution in [0.4, 0.5) is 0 Å². The van der Waals surface area contributed by atoms with Crippen LogP contribution in [0.15, 0.2) is 18.2 Å². The Kier molecular flexibility index (Phi) is 3.30. The van der Waals surface area contributed by atoms with Gasteiger partial charge in [-0.05, 0) is 30.0 Å². The topological polar surface area (TPSA) is 9.23 Å². The van der Waals surface area contributed by atoms with E-state index in [9.17, 15) is 0 Å². The summed E-state index contributed by atoms with van der Waals surface area (Å²) in [6.45, 7) is 5.04. The van der Waals surface area contributed by atoms with Gasteiger partial charge < -0.3 is 4.74 Å². The van der Waals surface area contributed by atoms with E-state index in [0.29, 0.717) is 6.61 Å². The summed E-state index contributed by atoms with van der Waals surface area (Å²) in [6, 6.07) is 6.52. The van der Waals surface area contributed by atoms with E-state index < -0.39 is 0 Å². The Morgan fingerprint density at radius 3 is 2.58 bits per heavy atom. The van der Waals surface area contributed by atoms with Crippen molar-refractivity contribution in [1.82, 2.24) is 0 Å². The van der Waals surface area contributed by atoms with Crippen LogP contribution in [-0.4, -0.2) is 7.11 Å². The lowest BCUT2D eigenvalue weighted by molar-refractivity contribution is 0.185. The van der Waals surface area contributed by atoms with Gasteiger partial charge in [0.1, 0.15) is 0 Å². The van der Waals surface area contributed by atoms with E-state index in [2.05, 4.69) is 32.0 Å². The number of methoxy groups -OCH3 is 1. The maximum atomic E-state index is 5.06. The van der Waals surface area contributed by atoms with Crippen LogP contribution in [0.1, 0.15) is 23.6 Å². The van der Waals surface area contributed by atoms with Crippen LogP contribution < -0.4 is 0 Å². The van der Waals surface area contributed by atoms with E-state index >= 15 is 0 Å². The van der Waals surface area contributed by atoms with Gasteiger partial charge in [-0.3, -0.25) is 0 Å². The Balaban J connectivity index is 2.86. The normalized spacial score (nSPS) is 10.2. The fraction of sp³-hybridized carbons (Fsp3) is 0.455. The van der Waals surface area contributed by atoms with E-state index in [1.807, 2.05) is 0 Å². The van der Waals surface area contributed by atoms with Crippen LogP contribution >= 0.6 is 0 Å². The highest BCUT2D eigenvalue weighted by Gasteiger charge is 1.97. The maximum Gasteiger partial charge on any atom is 0.0713 e. The summed E-state index contributed by atoms with van der Waals surface area (Å²) in [5.41, 5.74) is 4.05. The van der Waals surface area contributed by atoms with Crippen LogP contribution in [0.3, 0.4) is 0 Å². The molecule has 1 rings (SSSR count). The predicted octanol–water partition coefficient (Wildman–Crippen LogP) is 2.70. The highest BCUT2D eigenvalue weighted by molar-refractivity contribution is 5.30. The molecular formula is C11H16O. The van der Waals surface area contributed by atoms with Gasteiger partial charge >= 0.3 is 0 Å². The number of aryl methyl sites for hydroxylation is 2. The van der Waals surface area contributed by atoms with Crippen molar-refractivity contribution in [3.63, 3.8) is 0 Å². The molecule has 0 N–H and O–H groups in total. The third-order valence-corrected chi connectivity index (χ3v) is 2.10. The number of hydrogen-bond acceptors (Lipinski definition) is 1. The molecule has 1 aromatic carbocycles. The summed E-state index contributed by atoms with van der Waals surface area (Å²) in [7, 11) is 1.73. The van der Waals surface area contributed by atoms with Crippen LogP contribution in [0, 0.1) is 6.92 Å². The number of hydrogen-bond donors (Lipinski definition) is 0. The monoisotopic (exact) mass is 164 g/mol. The first-order valence-electron chi connectivity index (χ1n) is 4.35. The molecule has 0 bridgehead atoms. The lowest BCUT2D eigenvalue weighted by Crippen LogP contribution is -1.91. The first-order valence-corrected chi connectivity index (χ1v) is 4.35. The van der Waals surface area contributed by atoms with E-state index in [1.54, 1.807) is 7.11 Å². The van der Waals surface area contributed by atoms with E-state index in [-0.39, 0.29) is 0 Å². The van der Waals surface area contributed by atoms with E-state index in [4.69, 9.17) is 4.74 Å². The van der Waals surface area contributed by atoms with Crippen molar-refractivity contribution in [2.75, 3.05) is 7.11 Å². The van der Waals surface area contributed by atoms with Crippen molar-refractivity contribution < 1.29 is 4.74 Å². The van der Waals surface area contributed by atoms with E-state index in [0.717, 1.165) is 6.42 Å². The molecule has 1 aromatic rings. The molecular weight excluding hydrogens is 148 g/mol. The molecule has 0 aromatic heterocycles. The Morgan fingerprint density at radius 1 is 1.33 bits per heavy atom. The number of ether oxygens (including phenoxy) is 1. The minimum Gasteiger partial charge on any atom is -0.380 e. The van der Waals surface area contributed by atoms with Crippen molar-refractivity contribution in [3.05, 3.63) is 34.9 Å². The molecule has 0 spiro atoms. The molecule has 12 heavy (non-hydrogen) atoms. The minimum absolute atomic E-state index is 0.713. The van der Waals surface area contributed by atoms with Gasteiger partial charge in [-0.1, -0.05) is 25.1 Å². The van der Waals surface area contributed by atoms with Crippen molar-refractivity contribution in [1.29, 1.82) is 0 Å². The van der Waals surface area contributed by atoms with Gasteiger partial charge in [-0.15, -0.1) is 0 Å². The second-order valence-corrected chi connectivity index (χ2v) is 3.05. The number of benzene rings is 1. The molecule has 66 valence electrons. The Labute approximate surface area is 74.4 Å². The van der Waals surface area contributed by atoms with Gasteiger partial charge in [0.15, 0.2) is 0 Å². The highest BCUT2D eigenvalue weighted by Crippen LogP contribution is 2.11. The van der Waals surface area contributed by atoms with Crippen molar-refractivity contribution in [2.45, 2.75) is 26.9 Å². The van der Waals surface area contributed by atoms with E-state index in [1.165, 1.54) is 16.7 Å². The lowest BCUT2D eigenvalue weighted by atomic mass is 10.0. The van der Waals surface area contributed by atoms with Crippen molar-refractivity contribution >= 4 is 0 Å². The van der Waals surface area contributed by atoms with Crippen molar-refractivity contribution in [3.8, 4) is 0 Å². The fourth-order valence-electron chi connectivity index (χ4n) is 1.41. The smallest absolute Gasteiger partial charge is 0.0713 e. The zero-order valence-corrected chi connectivity index (χ0v) is 8.05. The minimum atomic E-state index is 0.713. The van der Waals surface area contributed by atoms with Gasteiger partial charge in [-0.2, -0.15) is 0 Å². The standard InChI is InChI=1S/C11H16O/c1-4-11-6-5-10(8-12-3)7-9(11)2/h5-7H,4,8H2,1-3H3. The van der Waals surface area contributed by atoms with Gasteiger partial charge in [-0.25, -0.2) is 0 Å². The molecule has 0 radical (unpaired) electrons. The molecule has 0 aliphatic carbocycles. The Bertz CT molecular complexity index is 253. The average Bonchev–Trinajstić information content (AvgIpc) is 2.05. The zero-order valence-electron chi connectivity index (χ0n) is 8.05. The molecule has 1 heteroatoms. The first-order chi connectivity index (χ1) is 5.77. The Morgan fingerprint density at radius 2 is 2.08 bits per heavy atom. The van der Waals surface area contributed by atoms with Crippen LogP contribution in [0.25, 0.3) is 0 Å². The van der Waals surface area contributed by atoms with Crippen LogP contribution in [-0.2, 0) is 17.8 Å². The van der Waals surface area contributed by atoms with Gasteiger partial charge in [0.2, 0.25) is 0 Å². The molecule has 0 amide bonds. The molecule has 0 aliphatic rings. The zero-order chi connectivity index (χ0) is 8.97. The number of rotatable bonds is 3. The fourth-order valence-corrected chi connectivity index (χ4v) is 1.41. The van der Waals surface area contributed by atoms with Gasteiger partial charge in [0, 0.05) is 7.11 Å². The van der Waals surface area contributed by atoms with Crippen molar-refractivity contribution in [2.24, 2.45) is 0 Å². The molecule has 0 fully saturated rings. The SMILES string of the molecule is CCc1ccc(COC)cc1C. The summed E-state index contributed by atoms with van der Waals surface area (Å²) in [4.78, 5) is 0.